The summed E-state index contributed by atoms with van der Waals surface area (Å²) in [5, 5.41) is 15.3. The maximum Gasteiger partial charge on any atom is 0.413 e. The number of nitrogens with zero attached hydrogens (tertiary/aromatic N) is 3. The van der Waals surface area contributed by atoms with Gasteiger partial charge >= 0.3 is 6.09 Å². The van der Waals surface area contributed by atoms with Crippen molar-refractivity contribution >= 4 is 28.7 Å². The number of carbonyl (C=O) groups is 3. The van der Waals surface area contributed by atoms with Crippen LogP contribution in [0.3, 0.4) is 0 Å². The number of aromatic nitrogens is 1. The number of likely N-dealkylation sites (tertiary alicyclic amines) is 1. The fourth-order valence-corrected chi connectivity index (χ4v) is 4.95. The van der Waals surface area contributed by atoms with Gasteiger partial charge in [0.25, 0.3) is 17.5 Å². The summed E-state index contributed by atoms with van der Waals surface area (Å²) >= 11 is 0. The maximum absolute atomic E-state index is 14.6. The molecule has 2 aromatic rings. The third kappa shape index (κ3) is 7.01. The molecule has 2 N–H and O–H groups in total. The van der Waals surface area contributed by atoms with Crippen LogP contribution in [0.4, 0.5) is 4.79 Å². The Hall–Kier alpha value is -3.60. The molecule has 1 aliphatic heterocycles. The molecule has 4 rings (SSSR count). The monoisotopic (exact) mass is 570 g/mol. The summed E-state index contributed by atoms with van der Waals surface area (Å²) < 4.78 is 17.5. The van der Waals surface area contributed by atoms with Crippen LogP contribution in [0.2, 0.25) is 0 Å². The van der Waals surface area contributed by atoms with E-state index in [1.165, 1.54) is 4.90 Å². The van der Waals surface area contributed by atoms with E-state index < -0.39 is 35.5 Å². The molecule has 2 atom stereocenters. The van der Waals surface area contributed by atoms with E-state index in [1.54, 1.807) is 52.3 Å². The minimum absolute atomic E-state index is 0.00317. The van der Waals surface area contributed by atoms with Crippen LogP contribution in [-0.2, 0) is 14.3 Å². The number of aliphatic hydroxyl groups is 1. The van der Waals surface area contributed by atoms with Gasteiger partial charge in [-0.05, 0) is 76.1 Å². The first kappa shape index (κ1) is 30.4. The number of pyridine rings is 1. The average Bonchev–Trinajstić information content (AvgIpc) is 3.64. The summed E-state index contributed by atoms with van der Waals surface area (Å²) in [6, 6.07) is 7.15. The van der Waals surface area contributed by atoms with Crippen molar-refractivity contribution in [2.75, 3.05) is 20.2 Å². The minimum Gasteiger partial charge on any atom is -0.497 e. The van der Waals surface area contributed by atoms with Gasteiger partial charge in [-0.15, -0.1) is 0 Å². The van der Waals surface area contributed by atoms with E-state index in [9.17, 15) is 19.5 Å². The van der Waals surface area contributed by atoms with E-state index in [4.69, 9.17) is 14.2 Å². The number of hydrogen-bond acceptors (Lipinski definition) is 8. The SMILES string of the molecule is CCCCCN(C(=O)[C@@]1(Oc2nccc3cc(OC)ccc23)CCCN1C(=O)OC(C)(C)C)[C@@H](O)C(=O)NC1CC1. The molecule has 41 heavy (non-hydrogen) atoms. The van der Waals surface area contributed by atoms with Crippen molar-refractivity contribution < 1.29 is 33.7 Å². The Morgan fingerprint density at radius 3 is 2.63 bits per heavy atom. The maximum atomic E-state index is 14.6. The minimum atomic E-state index is -1.89. The lowest BCUT2D eigenvalue weighted by molar-refractivity contribution is -0.175. The molecule has 1 saturated heterocycles. The van der Waals surface area contributed by atoms with Gasteiger partial charge < -0.3 is 29.5 Å². The summed E-state index contributed by atoms with van der Waals surface area (Å²) in [5.41, 5.74) is -2.72. The standard InChI is InChI=1S/C30H42N4O7/c1-6-7-8-17-33(26(36)24(35)32-21-10-11-21)27(37)30(15-9-18-34(30)28(38)41-29(2,3)4)40-25-23-13-12-22(39-5)19-20(23)14-16-31-25/h12-14,16,19,21,26,36H,6-11,15,17-18H2,1-5H3,(H,32,35)/t26-,30-/m0/s1. The van der Waals surface area contributed by atoms with Crippen molar-refractivity contribution in [3.63, 3.8) is 0 Å². The van der Waals surface area contributed by atoms with Crippen LogP contribution in [0.25, 0.3) is 10.8 Å². The Balaban J connectivity index is 1.77. The van der Waals surface area contributed by atoms with Crippen LogP contribution < -0.4 is 14.8 Å². The number of unbranched alkanes of at least 4 members (excludes halogenated alkanes) is 2. The van der Waals surface area contributed by atoms with Crippen molar-refractivity contribution in [3.8, 4) is 11.6 Å². The summed E-state index contributed by atoms with van der Waals surface area (Å²) in [6.45, 7) is 7.55. The Bertz CT molecular complexity index is 1260. The molecule has 11 heteroatoms. The van der Waals surface area contributed by atoms with Gasteiger partial charge in [0, 0.05) is 37.1 Å². The highest BCUT2D eigenvalue weighted by Gasteiger charge is 2.57. The van der Waals surface area contributed by atoms with Crippen LogP contribution >= 0.6 is 0 Å². The van der Waals surface area contributed by atoms with Crippen molar-refractivity contribution in [1.29, 1.82) is 0 Å². The molecule has 2 aliphatic rings. The topological polar surface area (TPSA) is 131 Å². The number of rotatable bonds is 11. The first-order valence-corrected chi connectivity index (χ1v) is 14.4. The molecule has 0 bridgehead atoms. The van der Waals surface area contributed by atoms with E-state index >= 15 is 0 Å². The summed E-state index contributed by atoms with van der Waals surface area (Å²) in [4.78, 5) is 47.9. The van der Waals surface area contributed by atoms with Crippen LogP contribution in [-0.4, -0.2) is 81.6 Å². The summed E-state index contributed by atoms with van der Waals surface area (Å²) in [7, 11) is 1.57. The lowest BCUT2D eigenvalue weighted by Gasteiger charge is -2.41. The van der Waals surface area contributed by atoms with E-state index in [0.717, 1.165) is 36.0 Å². The average molecular weight is 571 g/mol. The molecule has 1 aliphatic carbocycles. The van der Waals surface area contributed by atoms with Gasteiger partial charge in [0.2, 0.25) is 12.1 Å². The van der Waals surface area contributed by atoms with E-state index in [0.29, 0.717) is 24.0 Å². The van der Waals surface area contributed by atoms with Crippen molar-refractivity contribution in [3.05, 3.63) is 30.5 Å². The summed E-state index contributed by atoms with van der Waals surface area (Å²) in [5.74, 6) is -0.560. The Morgan fingerprint density at radius 2 is 1.98 bits per heavy atom. The fraction of sp³-hybridized carbons (Fsp3) is 0.600. The molecule has 2 heterocycles. The van der Waals surface area contributed by atoms with Crippen LogP contribution in [0, 0.1) is 0 Å². The van der Waals surface area contributed by atoms with Crippen molar-refractivity contribution in [1.82, 2.24) is 20.1 Å². The molecule has 1 saturated carbocycles. The van der Waals surface area contributed by atoms with Crippen molar-refractivity contribution in [2.45, 2.75) is 96.2 Å². The zero-order valence-electron chi connectivity index (χ0n) is 24.6. The van der Waals surface area contributed by atoms with Gasteiger partial charge in [-0.2, -0.15) is 0 Å². The highest BCUT2D eigenvalue weighted by atomic mass is 16.6. The zero-order valence-corrected chi connectivity index (χ0v) is 24.6. The first-order chi connectivity index (χ1) is 19.5. The second kappa shape index (κ2) is 12.5. The fourth-order valence-electron chi connectivity index (χ4n) is 4.95. The number of methoxy groups -OCH3 is 1. The normalized spacial score (nSPS) is 19.5. The second-order valence-electron chi connectivity index (χ2n) is 11.7. The predicted molar refractivity (Wildman–Crippen MR) is 152 cm³/mol. The number of fused-ring (bicyclic) bond motifs is 1. The highest BCUT2D eigenvalue weighted by molar-refractivity contribution is 5.94. The quantitative estimate of drug-likeness (QED) is 0.307. The van der Waals surface area contributed by atoms with Gasteiger partial charge in [0.1, 0.15) is 11.4 Å². The predicted octanol–water partition coefficient (Wildman–Crippen LogP) is 3.97. The summed E-state index contributed by atoms with van der Waals surface area (Å²) in [6.07, 6.45) is 3.54. The van der Waals surface area contributed by atoms with E-state index in [2.05, 4.69) is 10.3 Å². The molecule has 1 aromatic carbocycles. The number of amides is 3. The number of benzene rings is 1. The Morgan fingerprint density at radius 1 is 1.22 bits per heavy atom. The Kier molecular flexibility index (Phi) is 9.26. The lowest BCUT2D eigenvalue weighted by Crippen LogP contribution is -2.65. The van der Waals surface area contributed by atoms with Gasteiger partial charge in [-0.3, -0.25) is 14.5 Å². The molecule has 11 nitrogen and oxygen atoms in total. The third-order valence-corrected chi connectivity index (χ3v) is 7.20. The first-order valence-electron chi connectivity index (χ1n) is 14.4. The molecule has 3 amide bonds. The Labute approximate surface area is 241 Å². The van der Waals surface area contributed by atoms with Gasteiger partial charge in [-0.25, -0.2) is 9.78 Å². The number of hydrogen-bond donors (Lipinski definition) is 2. The second-order valence-corrected chi connectivity index (χ2v) is 11.7. The largest absolute Gasteiger partial charge is 0.497 e. The molecule has 224 valence electrons. The number of carbonyl (C=O) groups excluding carboxylic acids is 3. The molecule has 0 unspecified atom stereocenters. The third-order valence-electron chi connectivity index (χ3n) is 7.20. The molecular formula is C30H42N4O7. The van der Waals surface area contributed by atoms with E-state index in [1.807, 2.05) is 13.0 Å². The molecule has 0 radical (unpaired) electrons. The molecular weight excluding hydrogens is 528 g/mol. The molecule has 1 aromatic heterocycles. The number of nitrogens with one attached hydrogen (secondary N) is 1. The van der Waals surface area contributed by atoms with Gasteiger partial charge in [-0.1, -0.05) is 19.8 Å². The van der Waals surface area contributed by atoms with Gasteiger partial charge in [0.15, 0.2) is 0 Å². The molecule has 2 fully saturated rings. The van der Waals surface area contributed by atoms with Crippen molar-refractivity contribution in [2.24, 2.45) is 0 Å². The van der Waals surface area contributed by atoms with Crippen LogP contribution in [0.5, 0.6) is 11.6 Å². The highest BCUT2D eigenvalue weighted by Crippen LogP contribution is 2.38. The number of aliphatic hydroxyl groups excluding tert-OH is 1. The number of ether oxygens (including phenoxy) is 3. The van der Waals surface area contributed by atoms with Crippen LogP contribution in [0.15, 0.2) is 30.5 Å². The van der Waals surface area contributed by atoms with Crippen LogP contribution in [0.1, 0.15) is 72.6 Å². The molecule has 0 spiro atoms. The van der Waals surface area contributed by atoms with E-state index in [-0.39, 0.29) is 31.4 Å². The van der Waals surface area contributed by atoms with Gasteiger partial charge in [0.05, 0.1) is 7.11 Å². The lowest BCUT2D eigenvalue weighted by atomic mass is 10.1. The smallest absolute Gasteiger partial charge is 0.413 e. The zero-order chi connectivity index (χ0) is 29.8.